The van der Waals surface area contributed by atoms with Gasteiger partial charge in [0.2, 0.25) is 11.6 Å². The second-order valence-corrected chi connectivity index (χ2v) is 20.7. The lowest BCUT2D eigenvalue weighted by atomic mass is 9.96. The topological polar surface area (TPSA) is 99.5 Å². The Balaban J connectivity index is 0.000000180. The van der Waals surface area contributed by atoms with E-state index in [0.717, 1.165) is 96.5 Å². The molecule has 2 aromatic heterocycles. The number of hydrogen-bond donors (Lipinski definition) is 2. The van der Waals surface area contributed by atoms with Gasteiger partial charge in [-0.1, -0.05) is 66.2 Å². The zero-order valence-electron chi connectivity index (χ0n) is 39.3. The van der Waals surface area contributed by atoms with Crippen molar-refractivity contribution in [3.05, 3.63) is 165 Å². The first-order valence-electron chi connectivity index (χ1n) is 23.8. The lowest BCUT2D eigenvalue weighted by molar-refractivity contribution is -0.137. The second-order valence-electron chi connectivity index (χ2n) is 18.2. The number of ketones is 2. The normalized spacial score (nSPS) is 14.4. The molecule has 2 aliphatic heterocycles. The van der Waals surface area contributed by atoms with Crippen LogP contribution >= 0.6 is 34.3 Å². The Morgan fingerprint density at radius 3 is 1.45 bits per heavy atom. The molecule has 8 aromatic rings. The first kappa shape index (κ1) is 51.5. The third-order valence-corrected chi connectivity index (χ3v) is 15.6. The molecule has 10 rings (SSSR count). The molecule has 2 N–H and O–H groups in total. The lowest BCUT2D eigenvalue weighted by Gasteiger charge is -2.37. The number of nitrogens with zero attached hydrogens (tertiary/aromatic N) is 2. The fraction of sp³-hybridized carbons (Fsp3) is 0.263. The van der Waals surface area contributed by atoms with Gasteiger partial charge in [0.05, 0.1) is 46.9 Å². The summed E-state index contributed by atoms with van der Waals surface area (Å²) >= 11 is 8.73. The summed E-state index contributed by atoms with van der Waals surface area (Å²) in [4.78, 5) is 32.2. The van der Waals surface area contributed by atoms with Gasteiger partial charge in [0.1, 0.15) is 23.0 Å². The van der Waals surface area contributed by atoms with Crippen LogP contribution in [0.5, 0.6) is 23.0 Å². The third kappa shape index (κ3) is 11.9. The number of rotatable bonds is 18. The summed E-state index contributed by atoms with van der Waals surface area (Å²) in [6.07, 6.45) is -2.99. The molecule has 16 heteroatoms. The molecule has 0 unspecified atom stereocenters. The number of ether oxygens (including phenoxy) is 2. The van der Waals surface area contributed by atoms with Crippen LogP contribution in [-0.2, 0) is 6.18 Å². The largest absolute Gasteiger partial charge is 0.508 e. The maximum atomic E-state index is 13.7. The van der Waals surface area contributed by atoms with E-state index in [-0.39, 0.29) is 47.3 Å². The van der Waals surface area contributed by atoms with Crippen LogP contribution in [0.15, 0.2) is 133 Å². The molecule has 4 heterocycles. The number of phenolic OH excluding ortho intramolecular Hbond substituents is 2. The van der Waals surface area contributed by atoms with E-state index in [9.17, 15) is 41.8 Å². The first-order valence-corrected chi connectivity index (χ1v) is 25.8. The van der Waals surface area contributed by atoms with Crippen molar-refractivity contribution in [1.82, 2.24) is 9.80 Å². The number of carbonyl (C=O) groups is 2. The molecular formula is C57H50ClF5N2O6S2. The molecule has 378 valence electrons. The quantitative estimate of drug-likeness (QED) is 0.0498. The molecule has 0 atom stereocenters. The first-order chi connectivity index (χ1) is 35.3. The van der Waals surface area contributed by atoms with E-state index in [4.69, 9.17) is 21.1 Å². The van der Waals surface area contributed by atoms with E-state index in [1.165, 1.54) is 41.7 Å². The Hall–Kier alpha value is -6.36. The van der Waals surface area contributed by atoms with Crippen molar-refractivity contribution in [2.45, 2.75) is 19.0 Å². The third-order valence-electron chi connectivity index (χ3n) is 12.9. The summed E-state index contributed by atoms with van der Waals surface area (Å²) in [5.41, 5.74) is 1.92. The van der Waals surface area contributed by atoms with Gasteiger partial charge in [0.15, 0.2) is 0 Å². The van der Waals surface area contributed by atoms with Gasteiger partial charge in [-0.05, 0) is 103 Å². The highest BCUT2D eigenvalue weighted by molar-refractivity contribution is 7.22. The van der Waals surface area contributed by atoms with Gasteiger partial charge in [-0.2, -0.15) is 13.2 Å². The summed E-state index contributed by atoms with van der Waals surface area (Å²) < 4.78 is 79.2. The maximum absolute atomic E-state index is 13.7. The number of hydrogen-bond acceptors (Lipinski definition) is 10. The minimum absolute atomic E-state index is 0.00202. The summed E-state index contributed by atoms with van der Waals surface area (Å²) in [7, 11) is 0. The minimum atomic E-state index is -4.68. The molecule has 0 bridgehead atoms. The molecule has 0 aliphatic carbocycles. The van der Waals surface area contributed by atoms with Gasteiger partial charge < -0.3 is 29.5 Å². The minimum Gasteiger partial charge on any atom is -0.508 e. The van der Waals surface area contributed by atoms with Gasteiger partial charge in [-0.25, -0.2) is 0 Å². The smallest absolute Gasteiger partial charge is 0.417 e. The van der Waals surface area contributed by atoms with Crippen molar-refractivity contribution < 1.29 is 51.2 Å². The van der Waals surface area contributed by atoms with Crippen LogP contribution in [0, 0.1) is 11.8 Å². The highest BCUT2D eigenvalue weighted by Crippen LogP contribution is 2.44. The summed E-state index contributed by atoms with van der Waals surface area (Å²) in [5.74, 6) is 1.03. The van der Waals surface area contributed by atoms with Gasteiger partial charge in [0, 0.05) is 93.5 Å². The zero-order chi connectivity index (χ0) is 51.2. The maximum Gasteiger partial charge on any atom is 0.417 e. The highest BCUT2D eigenvalue weighted by atomic mass is 35.5. The van der Waals surface area contributed by atoms with Gasteiger partial charge in [-0.15, -0.1) is 22.7 Å². The molecule has 0 spiro atoms. The predicted octanol–water partition coefficient (Wildman–Crippen LogP) is 14.0. The number of halogens is 6. The monoisotopic (exact) mass is 1050 g/mol. The van der Waals surface area contributed by atoms with Crippen molar-refractivity contribution in [2.75, 3.05) is 65.8 Å². The van der Waals surface area contributed by atoms with E-state index in [2.05, 4.69) is 9.80 Å². The Kier molecular flexibility index (Phi) is 16.1. The summed E-state index contributed by atoms with van der Waals surface area (Å²) in [5, 5.41) is 21.9. The van der Waals surface area contributed by atoms with Gasteiger partial charge in [0.25, 0.3) is 0 Å². The van der Waals surface area contributed by atoms with Crippen molar-refractivity contribution in [2.24, 2.45) is 11.8 Å². The van der Waals surface area contributed by atoms with Crippen LogP contribution in [-0.4, -0.2) is 97.4 Å². The Labute approximate surface area is 431 Å². The number of carbonyl (C=O) groups excluding carboxylic acids is 2. The Bertz CT molecular complexity index is 3220. The van der Waals surface area contributed by atoms with E-state index in [1.807, 2.05) is 30.3 Å². The molecule has 8 nitrogen and oxygen atoms in total. The molecular weight excluding hydrogens is 1000 g/mol. The van der Waals surface area contributed by atoms with Crippen LogP contribution < -0.4 is 9.47 Å². The SMILES string of the molecule is O=C(c1ccccc1C(F)(F)F)c1sc2cc(O)ccc2c1-c1ccc(OCCCN2CC(CF)C2)cc1.O=C(c1ccccc1Cl)c1sc2cc(O)ccc2c1-c1ccc(OCCCN2CC(CF)C2)cc1. The molecule has 6 aromatic carbocycles. The summed E-state index contributed by atoms with van der Waals surface area (Å²) in [6, 6.07) is 36.4. The van der Waals surface area contributed by atoms with Crippen molar-refractivity contribution in [3.8, 4) is 45.3 Å². The number of alkyl halides is 5. The van der Waals surface area contributed by atoms with Crippen molar-refractivity contribution in [1.29, 1.82) is 0 Å². The fourth-order valence-corrected chi connectivity index (χ4v) is 11.8. The van der Waals surface area contributed by atoms with Crippen molar-refractivity contribution >= 4 is 66.0 Å². The molecule has 0 saturated carbocycles. The zero-order valence-corrected chi connectivity index (χ0v) is 41.7. The van der Waals surface area contributed by atoms with Crippen LogP contribution in [0.4, 0.5) is 22.0 Å². The van der Waals surface area contributed by atoms with Crippen LogP contribution in [0.1, 0.15) is 48.9 Å². The predicted molar refractivity (Wildman–Crippen MR) is 280 cm³/mol. The number of thiophene rings is 2. The van der Waals surface area contributed by atoms with Gasteiger partial charge in [-0.3, -0.25) is 18.4 Å². The number of aromatic hydroxyl groups is 2. The molecule has 2 saturated heterocycles. The molecule has 2 fully saturated rings. The second kappa shape index (κ2) is 22.8. The highest BCUT2D eigenvalue weighted by Gasteiger charge is 2.36. The number of phenols is 2. The standard InChI is InChI=1S/C29H25F4NO3S.C28H25ClFNO3S/c30-15-18-16-34(17-18)12-3-13-37-21-9-6-19(7-10-21)26-23-11-8-20(35)14-25(23)38-28(26)27(36)22-4-1-2-5-24(22)29(31,32)33;29-24-5-2-1-4-22(24)27(33)28-26(23-11-8-20(32)14-25(23)35-28)19-6-9-21(10-7-19)34-13-3-12-31-16-18(15-30)17-31/h1-2,4-11,14,18,35H,3,12-13,15-17H2;1-2,4-11,14,18,32H,3,12-13,15-17H2. The summed E-state index contributed by atoms with van der Waals surface area (Å²) in [6.45, 7) is 5.58. The average Bonchev–Trinajstić information content (AvgIpc) is 3.93. The fourth-order valence-electron chi connectivity index (χ4n) is 9.19. The Morgan fingerprint density at radius 2 is 1.01 bits per heavy atom. The Morgan fingerprint density at radius 1 is 0.589 bits per heavy atom. The van der Waals surface area contributed by atoms with Crippen LogP contribution in [0.2, 0.25) is 5.02 Å². The molecule has 2 aliphatic rings. The van der Waals surface area contributed by atoms with Gasteiger partial charge >= 0.3 is 6.18 Å². The average molecular weight is 1050 g/mol. The van der Waals surface area contributed by atoms with Crippen LogP contribution in [0.3, 0.4) is 0 Å². The number of fused-ring (bicyclic) bond motifs is 2. The molecule has 73 heavy (non-hydrogen) atoms. The van der Waals surface area contributed by atoms with Crippen LogP contribution in [0.25, 0.3) is 42.4 Å². The number of likely N-dealkylation sites (tertiary alicyclic amines) is 2. The van der Waals surface area contributed by atoms with E-state index in [0.29, 0.717) is 55.6 Å². The van der Waals surface area contributed by atoms with Crippen molar-refractivity contribution in [3.63, 3.8) is 0 Å². The molecule has 0 radical (unpaired) electrons. The lowest BCUT2D eigenvalue weighted by Crippen LogP contribution is -2.48. The van der Waals surface area contributed by atoms with E-state index in [1.54, 1.807) is 66.7 Å². The van der Waals surface area contributed by atoms with E-state index >= 15 is 0 Å². The van der Waals surface area contributed by atoms with E-state index < -0.39 is 23.1 Å². The number of benzene rings is 6. The molecule has 0 amide bonds.